The van der Waals surface area contributed by atoms with E-state index in [4.69, 9.17) is 9.47 Å². The van der Waals surface area contributed by atoms with Crippen LogP contribution in [-0.2, 0) is 12.7 Å². The molecule has 0 unspecified atom stereocenters. The lowest BCUT2D eigenvalue weighted by atomic mass is 10.1. The zero-order valence-corrected chi connectivity index (χ0v) is 20.8. The molecule has 0 amide bonds. The van der Waals surface area contributed by atoms with Crippen LogP contribution in [0.5, 0.6) is 11.9 Å². The van der Waals surface area contributed by atoms with E-state index in [0.717, 1.165) is 5.56 Å². The zero-order chi connectivity index (χ0) is 28.4. The molecule has 5 aromatic heterocycles. The largest absolute Gasteiger partial charge is 0.480 e. The van der Waals surface area contributed by atoms with Crippen molar-refractivity contribution in [2.45, 2.75) is 37.2 Å². The molecule has 1 saturated carbocycles. The first-order valence-corrected chi connectivity index (χ1v) is 11.9. The Morgan fingerprint density at radius 2 is 1.77 bits per heavy atom. The summed E-state index contributed by atoms with van der Waals surface area (Å²) in [7, 11) is 2.87. The van der Waals surface area contributed by atoms with E-state index in [2.05, 4.69) is 25.0 Å². The minimum absolute atomic E-state index is 0.109. The molecule has 9 nitrogen and oxygen atoms in total. The van der Waals surface area contributed by atoms with Crippen LogP contribution in [0.15, 0.2) is 43.0 Å². The summed E-state index contributed by atoms with van der Waals surface area (Å²) in [6.45, 7) is -1.59. The smallest absolute Gasteiger partial charge is 0.418 e. The maximum Gasteiger partial charge on any atom is 0.418 e. The quantitative estimate of drug-likeness (QED) is 0.255. The summed E-state index contributed by atoms with van der Waals surface area (Å²) in [6, 6.07) is 4.53. The fourth-order valence-corrected chi connectivity index (χ4v) is 4.92. The van der Waals surface area contributed by atoms with Crippen LogP contribution < -0.4 is 9.47 Å². The highest BCUT2D eigenvalue weighted by atomic mass is 19.4. The fraction of sp³-hybridized carbons (Fsp3) is 0.320. The Bertz CT molecular complexity index is 1740. The summed E-state index contributed by atoms with van der Waals surface area (Å²) >= 11 is 0. The number of hydrogen-bond acceptors (Lipinski definition) is 7. The van der Waals surface area contributed by atoms with Crippen LogP contribution in [0, 0.1) is 0 Å². The molecule has 5 aromatic rings. The van der Waals surface area contributed by atoms with Crippen molar-refractivity contribution in [3.05, 3.63) is 59.8 Å². The lowest BCUT2D eigenvalue weighted by Crippen LogP contribution is -2.17. The number of hydrogen-bond donors (Lipinski definition) is 0. The summed E-state index contributed by atoms with van der Waals surface area (Å²) in [5.41, 5.74) is 1.17. The van der Waals surface area contributed by atoms with Gasteiger partial charge in [-0.05, 0) is 30.5 Å². The third kappa shape index (κ3) is 4.54. The van der Waals surface area contributed by atoms with Gasteiger partial charge in [-0.1, -0.05) is 0 Å². The zero-order valence-electron chi connectivity index (χ0n) is 20.8. The van der Waals surface area contributed by atoms with Gasteiger partial charge in [0.15, 0.2) is 5.65 Å². The second kappa shape index (κ2) is 9.06. The normalized spacial score (nSPS) is 17.5. The molecule has 1 aliphatic rings. The molecule has 0 aliphatic heterocycles. The standard InChI is InChI=1S/C25H19F6N7O2/c1-39-22-16(9-33-23(35-22)40-2)19-8-15(20-32-5-6-38(20)36-19)13-7-14(13)18-4-3-12-17(25(29,30)31)10-37(21(12)34-18)11-24(26,27)28/h3-6,8-10,13-14H,7,11H2,1-2H3/t13-,14-/m0/s1. The number of rotatable bonds is 6. The molecule has 40 heavy (non-hydrogen) atoms. The number of halogens is 6. The van der Waals surface area contributed by atoms with Crippen molar-refractivity contribution < 1.29 is 35.8 Å². The molecule has 0 saturated heterocycles. The van der Waals surface area contributed by atoms with E-state index in [1.54, 1.807) is 23.0 Å². The van der Waals surface area contributed by atoms with Crippen molar-refractivity contribution in [3.63, 3.8) is 0 Å². The predicted molar refractivity (Wildman–Crippen MR) is 128 cm³/mol. The Morgan fingerprint density at radius 3 is 2.48 bits per heavy atom. The molecular weight excluding hydrogens is 544 g/mol. The highest BCUT2D eigenvalue weighted by Gasteiger charge is 2.43. The Balaban J connectivity index is 1.40. The van der Waals surface area contributed by atoms with Crippen molar-refractivity contribution in [3.8, 4) is 23.1 Å². The monoisotopic (exact) mass is 563 g/mol. The molecule has 1 aliphatic carbocycles. The van der Waals surface area contributed by atoms with Gasteiger partial charge in [-0.2, -0.15) is 36.4 Å². The van der Waals surface area contributed by atoms with Crippen LogP contribution in [0.25, 0.3) is 27.9 Å². The Labute approximate surface area is 221 Å². The van der Waals surface area contributed by atoms with Crippen molar-refractivity contribution in [1.29, 1.82) is 0 Å². The Hall–Kier alpha value is -4.43. The lowest BCUT2D eigenvalue weighted by molar-refractivity contribution is -0.143. The predicted octanol–water partition coefficient (Wildman–Crippen LogP) is 5.41. The first-order valence-electron chi connectivity index (χ1n) is 11.9. The average molecular weight is 563 g/mol. The molecule has 208 valence electrons. The van der Waals surface area contributed by atoms with Gasteiger partial charge in [0, 0.05) is 47.3 Å². The maximum atomic E-state index is 13.5. The lowest BCUT2D eigenvalue weighted by Gasteiger charge is -2.11. The van der Waals surface area contributed by atoms with E-state index >= 15 is 0 Å². The molecule has 0 bridgehead atoms. The summed E-state index contributed by atoms with van der Waals surface area (Å²) in [6.07, 6.45) is -3.79. The molecule has 1 fully saturated rings. The summed E-state index contributed by atoms with van der Waals surface area (Å²) < 4.78 is 92.6. The van der Waals surface area contributed by atoms with Gasteiger partial charge < -0.3 is 14.0 Å². The van der Waals surface area contributed by atoms with Gasteiger partial charge >= 0.3 is 18.4 Å². The summed E-state index contributed by atoms with van der Waals surface area (Å²) in [5, 5.41) is 4.19. The topological polar surface area (TPSA) is 92.2 Å². The summed E-state index contributed by atoms with van der Waals surface area (Å²) in [5.74, 6) is -0.178. The second-order valence-electron chi connectivity index (χ2n) is 9.30. The highest BCUT2D eigenvalue weighted by molar-refractivity contribution is 5.81. The van der Waals surface area contributed by atoms with E-state index in [-0.39, 0.29) is 34.8 Å². The average Bonchev–Trinajstić information content (AvgIpc) is 3.41. The summed E-state index contributed by atoms with van der Waals surface area (Å²) in [4.78, 5) is 17.0. The van der Waals surface area contributed by atoms with Gasteiger partial charge in [-0.25, -0.2) is 19.5 Å². The minimum atomic E-state index is -4.83. The van der Waals surface area contributed by atoms with Crippen molar-refractivity contribution in [1.82, 2.24) is 34.1 Å². The van der Waals surface area contributed by atoms with Gasteiger partial charge in [0.05, 0.1) is 31.0 Å². The minimum Gasteiger partial charge on any atom is -0.480 e. The third-order valence-corrected chi connectivity index (χ3v) is 6.74. The Kier molecular flexibility index (Phi) is 5.85. The number of imidazole rings is 1. The number of alkyl halides is 6. The van der Waals surface area contributed by atoms with Crippen LogP contribution in [0.3, 0.4) is 0 Å². The molecule has 6 rings (SSSR count). The molecule has 2 atom stereocenters. The van der Waals surface area contributed by atoms with Gasteiger partial charge in [0.25, 0.3) is 0 Å². The SMILES string of the molecule is COc1ncc(-c2cc([C@H]3C[C@@H]3c3ccc4c(C(F)(F)F)cn(CC(F)(F)F)c4n3)c3nccn3n2)c(OC)n1. The molecule has 0 N–H and O–H groups in total. The number of aromatic nitrogens is 7. The highest BCUT2D eigenvalue weighted by Crippen LogP contribution is 2.55. The number of ether oxygens (including phenoxy) is 2. The molecule has 0 aromatic carbocycles. The van der Waals surface area contributed by atoms with Crippen LogP contribution in [-0.4, -0.2) is 54.5 Å². The van der Waals surface area contributed by atoms with Gasteiger partial charge in [-0.15, -0.1) is 0 Å². The van der Waals surface area contributed by atoms with Crippen molar-refractivity contribution in [2.24, 2.45) is 0 Å². The number of pyridine rings is 1. The second-order valence-corrected chi connectivity index (χ2v) is 9.30. The first kappa shape index (κ1) is 25.8. The van der Waals surface area contributed by atoms with Gasteiger partial charge in [0.2, 0.25) is 5.88 Å². The van der Waals surface area contributed by atoms with Crippen molar-refractivity contribution in [2.75, 3.05) is 14.2 Å². The van der Waals surface area contributed by atoms with Crippen LogP contribution in [0.4, 0.5) is 26.3 Å². The third-order valence-electron chi connectivity index (χ3n) is 6.74. The number of nitrogens with zero attached hydrogens (tertiary/aromatic N) is 7. The van der Waals surface area contributed by atoms with Crippen molar-refractivity contribution >= 4 is 16.7 Å². The van der Waals surface area contributed by atoms with Gasteiger partial charge in [-0.3, -0.25) is 0 Å². The molecule has 0 spiro atoms. The van der Waals surface area contributed by atoms with Crippen LogP contribution in [0.2, 0.25) is 0 Å². The fourth-order valence-electron chi connectivity index (χ4n) is 4.92. The molecule has 0 radical (unpaired) electrons. The molecule has 5 heterocycles. The number of methoxy groups -OCH3 is 2. The first-order chi connectivity index (χ1) is 19.0. The van der Waals surface area contributed by atoms with Crippen LogP contribution in [0.1, 0.15) is 35.1 Å². The van der Waals surface area contributed by atoms with Gasteiger partial charge in [0.1, 0.15) is 12.2 Å². The number of fused-ring (bicyclic) bond motifs is 2. The maximum absolute atomic E-state index is 13.5. The Morgan fingerprint density at radius 1 is 0.975 bits per heavy atom. The van der Waals surface area contributed by atoms with Crippen LogP contribution >= 0.6 is 0 Å². The van der Waals surface area contributed by atoms with E-state index in [1.807, 2.05) is 0 Å². The van der Waals surface area contributed by atoms with E-state index in [0.29, 0.717) is 39.8 Å². The van der Waals surface area contributed by atoms with E-state index < -0.39 is 24.5 Å². The molecular formula is C25H19F6N7O2. The van der Waals surface area contributed by atoms with E-state index in [9.17, 15) is 26.3 Å². The van der Waals surface area contributed by atoms with E-state index in [1.165, 1.54) is 32.5 Å². The molecule has 15 heteroatoms.